The summed E-state index contributed by atoms with van der Waals surface area (Å²) in [7, 11) is -18.1. The number of aryl methyl sites for hydroxylation is 1. The molecule has 0 bridgehead atoms. The van der Waals surface area contributed by atoms with Crippen molar-refractivity contribution in [1.82, 2.24) is 68.1 Å². The number of rotatable bonds is 18. The summed E-state index contributed by atoms with van der Waals surface area (Å²) >= 11 is 0. The molecule has 0 amide bonds. The molecule has 4 fully saturated rings. The zero-order valence-corrected chi connectivity index (χ0v) is 44.3. The third-order valence-corrected chi connectivity index (χ3v) is 17.9. The van der Waals surface area contributed by atoms with Gasteiger partial charge in [0.2, 0.25) is 5.95 Å². The third kappa shape index (κ3) is 11.3. The summed E-state index contributed by atoms with van der Waals surface area (Å²) in [6.45, 7) is 0.841. The summed E-state index contributed by atoms with van der Waals surface area (Å²) in [5.74, 6) is -1.83. The van der Waals surface area contributed by atoms with E-state index in [4.69, 9.17) is 45.4 Å². The molecule has 0 aliphatic carbocycles. The number of H-pyrrole nitrogens is 2. The number of phosphoric ester groups is 1. The molecule has 81 heavy (non-hydrogen) atoms. The van der Waals surface area contributed by atoms with Crippen molar-refractivity contribution in [3.8, 4) is 0 Å². The van der Waals surface area contributed by atoms with Crippen molar-refractivity contribution in [2.75, 3.05) is 23.8 Å². The van der Waals surface area contributed by atoms with E-state index in [9.17, 15) is 63.0 Å². The molecule has 15 N–H and O–H groups in total. The van der Waals surface area contributed by atoms with Crippen LogP contribution in [-0.2, 0) is 50.5 Å². The first-order valence-electron chi connectivity index (χ1n) is 24.3. The number of nitrogens with two attached hydrogens (primary N) is 3. The van der Waals surface area contributed by atoms with Gasteiger partial charge in [-0.25, -0.2) is 53.4 Å². The topological polar surface area (TPSA) is 550 Å². The molecule has 38 nitrogen and oxygen atoms in total. The molecule has 11 heterocycles. The van der Waals surface area contributed by atoms with Crippen molar-refractivity contribution in [1.29, 1.82) is 0 Å². The Labute approximate surface area is 450 Å². The molecule has 11 rings (SSSR count). The fourth-order valence-corrected chi connectivity index (χ4v) is 13.8. The number of imidazole rings is 3. The maximum atomic E-state index is 14.0. The van der Waals surface area contributed by atoms with Crippen molar-refractivity contribution in [2.24, 2.45) is 5.92 Å². The Morgan fingerprint density at radius 1 is 0.642 bits per heavy atom. The van der Waals surface area contributed by atoms with Crippen LogP contribution < -0.4 is 34.0 Å². The fourth-order valence-electron chi connectivity index (χ4n) is 10.6. The Morgan fingerprint density at radius 2 is 1.19 bits per heavy atom. The van der Waals surface area contributed by atoms with Gasteiger partial charge in [0.15, 0.2) is 34.1 Å². The quantitative estimate of drug-likeness (QED) is 0.0404. The van der Waals surface area contributed by atoms with Gasteiger partial charge in [-0.05, 0) is 13.3 Å². The monoisotopic (exact) mass is 1200 g/mol. The molecule has 7 aromatic heterocycles. The second-order valence-corrected chi connectivity index (χ2v) is 23.7. The summed E-state index contributed by atoms with van der Waals surface area (Å²) in [5.41, 5.74) is 16.4. The molecular formula is C40H50N17O21P3. The average Bonchev–Trinajstić information content (AvgIpc) is 4.37. The number of ether oxygens (including phenoxy) is 5. The van der Waals surface area contributed by atoms with E-state index in [1.807, 2.05) is 0 Å². The largest absolute Gasteiger partial charge is 0.490 e. The first-order valence-corrected chi connectivity index (χ1v) is 28.8. The van der Waals surface area contributed by atoms with E-state index < -0.39 is 145 Å². The lowest BCUT2D eigenvalue weighted by molar-refractivity contribution is -0.183. The van der Waals surface area contributed by atoms with Gasteiger partial charge in [-0.3, -0.25) is 42.3 Å². The van der Waals surface area contributed by atoms with E-state index in [1.165, 1.54) is 52.1 Å². The van der Waals surface area contributed by atoms with E-state index in [0.717, 1.165) is 10.9 Å². The van der Waals surface area contributed by atoms with E-state index in [2.05, 4.69) is 58.5 Å². The molecule has 4 unspecified atom stereocenters. The second kappa shape index (κ2) is 21.4. The van der Waals surface area contributed by atoms with Gasteiger partial charge in [-0.15, -0.1) is 0 Å². The Balaban J connectivity index is 1.02. The molecule has 0 aromatic carbocycles. The lowest BCUT2D eigenvalue weighted by Crippen LogP contribution is -2.51. The Hall–Kier alpha value is -6.38. The van der Waals surface area contributed by atoms with Gasteiger partial charge in [-0.2, -0.15) is 13.6 Å². The van der Waals surface area contributed by atoms with Crippen LogP contribution in [0.15, 0.2) is 52.2 Å². The number of aromatic nitrogens is 14. The highest BCUT2D eigenvalue weighted by Crippen LogP contribution is 2.67. The predicted molar refractivity (Wildman–Crippen MR) is 267 cm³/mol. The fraction of sp³-hybridized carbons (Fsp3) is 0.525. The van der Waals surface area contributed by atoms with Crippen LogP contribution in [-0.4, -0.2) is 165 Å². The highest BCUT2D eigenvalue weighted by atomic mass is 31.3. The van der Waals surface area contributed by atoms with Crippen LogP contribution in [0.2, 0.25) is 0 Å². The molecule has 4 aliphatic heterocycles. The van der Waals surface area contributed by atoms with Crippen molar-refractivity contribution in [3.63, 3.8) is 0 Å². The predicted octanol–water partition coefficient (Wildman–Crippen LogP) is -2.26. The van der Waals surface area contributed by atoms with E-state index in [0.29, 0.717) is 0 Å². The molecule has 4 aliphatic rings. The SMILES string of the molecule is Cc1cn([C@H]2C[C@H](O)[C@@H](COC(C(C[C@H]3O[C@@H](n4cnc5c(=O)[nH]c(N)nc54)C[C@@H]3O)[C@H]3O[C@@H](n4cnc5c(N)ncnc54)C[C@@H]3OP(=O)(O)OP(=O)(O)OP(=O)(O)O)[C@H]3O[C@@H](n4cnc5c(N)ncnc54)C[C@@H]3O)O2)c(=O)[nH]c1=O. The molecule has 41 heteroatoms. The third-order valence-electron chi connectivity index (χ3n) is 14.1. The van der Waals surface area contributed by atoms with E-state index >= 15 is 0 Å². The number of hydrogen-bond donors (Lipinski definition) is 12. The van der Waals surface area contributed by atoms with Crippen LogP contribution in [0.25, 0.3) is 33.5 Å². The number of nitrogens with zero attached hydrogens (tertiary/aromatic N) is 12. The molecule has 16 atom stereocenters. The first kappa shape index (κ1) is 56.5. The van der Waals surface area contributed by atoms with Crippen molar-refractivity contribution < 1.29 is 85.4 Å². The molecule has 0 spiro atoms. The summed E-state index contributed by atoms with van der Waals surface area (Å²) in [4.78, 5) is 116. The zero-order chi connectivity index (χ0) is 57.6. The number of aromatic amines is 2. The highest BCUT2D eigenvalue weighted by molar-refractivity contribution is 7.66. The van der Waals surface area contributed by atoms with E-state index in [-0.39, 0.29) is 75.9 Å². The zero-order valence-electron chi connectivity index (χ0n) is 41.6. The lowest BCUT2D eigenvalue weighted by Gasteiger charge is -2.39. The van der Waals surface area contributed by atoms with Gasteiger partial charge in [0.25, 0.3) is 11.1 Å². The van der Waals surface area contributed by atoms with Gasteiger partial charge < -0.3 is 75.8 Å². The molecule has 436 valence electrons. The number of phosphoric acid groups is 3. The van der Waals surface area contributed by atoms with Crippen LogP contribution in [0.5, 0.6) is 0 Å². The first-order chi connectivity index (χ1) is 38.3. The average molecular weight is 1200 g/mol. The van der Waals surface area contributed by atoms with Crippen LogP contribution in [0.3, 0.4) is 0 Å². The van der Waals surface area contributed by atoms with Gasteiger partial charge in [0.05, 0.1) is 62.2 Å². The summed E-state index contributed by atoms with van der Waals surface area (Å²) in [5, 5.41) is 35.8. The summed E-state index contributed by atoms with van der Waals surface area (Å²) in [6, 6.07) is 0. The van der Waals surface area contributed by atoms with Gasteiger partial charge in [-0.1, -0.05) is 0 Å². The van der Waals surface area contributed by atoms with E-state index in [1.54, 1.807) is 0 Å². The summed E-state index contributed by atoms with van der Waals surface area (Å²) in [6.07, 6.45) is -12.9. The smallest absolute Gasteiger partial charge is 0.390 e. The number of nitrogen functional groups attached to an aromatic ring is 3. The van der Waals surface area contributed by atoms with Crippen molar-refractivity contribution >= 4 is 74.5 Å². The normalized spacial score (nSPS) is 29.4. The number of anilines is 3. The number of fused-ring (bicyclic) bond motifs is 3. The minimum absolute atomic E-state index is 0.0146. The van der Waals surface area contributed by atoms with Crippen molar-refractivity contribution in [3.05, 3.63) is 74.6 Å². The second-order valence-electron chi connectivity index (χ2n) is 19.4. The molecule has 7 aromatic rings. The Morgan fingerprint density at radius 3 is 1.83 bits per heavy atom. The molecule has 0 radical (unpaired) electrons. The van der Waals surface area contributed by atoms with Crippen molar-refractivity contribution in [2.45, 2.75) is 119 Å². The number of hydrogen-bond acceptors (Lipinski definition) is 28. The molecular weight excluding hydrogens is 1150 g/mol. The number of aliphatic hydroxyl groups excluding tert-OH is 3. The summed E-state index contributed by atoms with van der Waals surface area (Å²) < 4.78 is 90.3. The maximum absolute atomic E-state index is 14.0. The number of nitrogens with one attached hydrogen (secondary N) is 2. The Kier molecular flexibility index (Phi) is 14.9. The van der Waals surface area contributed by atoms with Crippen LogP contribution in [0.4, 0.5) is 17.6 Å². The number of aliphatic hydroxyl groups is 3. The molecule has 0 saturated carbocycles. The minimum atomic E-state index is -6.15. The van der Waals surface area contributed by atoms with Crippen LogP contribution in [0, 0.1) is 12.8 Å². The Bertz CT molecular complexity index is 3870. The highest BCUT2D eigenvalue weighted by Gasteiger charge is 2.55. The lowest BCUT2D eigenvalue weighted by atomic mass is 9.82. The van der Waals surface area contributed by atoms with Crippen LogP contribution in [0.1, 0.15) is 62.6 Å². The minimum Gasteiger partial charge on any atom is -0.390 e. The van der Waals surface area contributed by atoms with Crippen LogP contribution >= 0.6 is 23.5 Å². The van der Waals surface area contributed by atoms with Gasteiger partial charge >= 0.3 is 29.2 Å². The molecule has 4 saturated heterocycles. The van der Waals surface area contributed by atoms with Gasteiger partial charge in [0.1, 0.15) is 66.9 Å². The standard InChI is InChI=1S/C40H50N17O21P3/c1-14-7-54(40(63)53-37(14)61)22-4-17(59)21(73-22)8-71-30(31-18(60)5-24(75-31)55-11-48-26-32(41)44-9-46-34(26)55)15(2-19-16(58)3-23(72-19)57-13-50-28-36(57)51-39(43)52-38(28)62)29-20(76-80(67,68)78-81(69,70)77-79(64,65)66)6-25(74-29)56-12-49-27-33(42)45-10-47-35(27)56/h7,9-13,15-25,29-31,58-60H,2-6,8H2,1H3,(H,67,68)(H,69,70)(H2,41,44,46)(H2,42,45,47)(H,53,61,63)(H2,64,65,66)(H3,43,51,52,62)/t15?,16-,17-,18-,19+,20-,21+,22+,23+,24+,25+,29+,30?,31-/m0/s1. The van der Waals surface area contributed by atoms with Gasteiger partial charge in [0, 0.05) is 43.4 Å². The maximum Gasteiger partial charge on any atom is 0.490 e.